The molecule has 0 amide bonds. The molecule has 0 fully saturated rings. The highest BCUT2D eigenvalue weighted by Gasteiger charge is 2.45. The van der Waals surface area contributed by atoms with Gasteiger partial charge in [0.2, 0.25) is 6.71 Å². The van der Waals surface area contributed by atoms with Gasteiger partial charge in [-0.05, 0) is 77.7 Å². The number of hydrogen-bond acceptors (Lipinski definition) is 5. The van der Waals surface area contributed by atoms with Crippen molar-refractivity contribution in [2.24, 2.45) is 0 Å². The van der Waals surface area contributed by atoms with Crippen LogP contribution in [0.4, 0.5) is 51.2 Å². The molecule has 0 spiro atoms. The summed E-state index contributed by atoms with van der Waals surface area (Å²) < 4.78 is 0. The standard InChI is InChI=1S/C41H27BN4S/c1-3-14-28(15-4-1)44-34-22-10-11-23-35(34)45(29-16-5-2-6-17-29)40-36(44)26-38-39-41(40)46(30-18-13-25-43-27-30)33-21-9-7-19-31(33)42(39)32-20-8-12-24-37(32)47-38/h1-27H. The molecule has 47 heavy (non-hydrogen) atoms. The van der Waals surface area contributed by atoms with Crippen LogP contribution in [0, 0.1) is 0 Å². The third-order valence-electron chi connectivity index (χ3n) is 9.47. The summed E-state index contributed by atoms with van der Waals surface area (Å²) in [4.78, 5) is 14.6. The van der Waals surface area contributed by atoms with E-state index in [2.05, 4.69) is 165 Å². The Kier molecular flexibility index (Phi) is 5.87. The number of anilines is 9. The fraction of sp³-hybridized carbons (Fsp3) is 0. The lowest BCUT2D eigenvalue weighted by atomic mass is 9.34. The van der Waals surface area contributed by atoms with E-state index in [9.17, 15) is 0 Å². The van der Waals surface area contributed by atoms with Crippen LogP contribution in [0.5, 0.6) is 0 Å². The predicted molar refractivity (Wildman–Crippen MR) is 197 cm³/mol. The predicted octanol–water partition coefficient (Wildman–Crippen LogP) is 9.10. The fourth-order valence-corrected chi connectivity index (χ4v) is 8.81. The highest BCUT2D eigenvalue weighted by Crippen LogP contribution is 2.60. The van der Waals surface area contributed by atoms with Gasteiger partial charge in [-0.25, -0.2) is 0 Å². The molecular weight excluding hydrogens is 591 g/mol. The van der Waals surface area contributed by atoms with Gasteiger partial charge < -0.3 is 14.7 Å². The Morgan fingerprint density at radius 2 is 1.02 bits per heavy atom. The molecule has 0 bridgehead atoms. The third-order valence-corrected chi connectivity index (χ3v) is 10.6. The van der Waals surface area contributed by atoms with E-state index in [-0.39, 0.29) is 6.71 Å². The lowest BCUT2D eigenvalue weighted by Crippen LogP contribution is -2.60. The largest absolute Gasteiger partial charge is 0.308 e. The minimum Gasteiger partial charge on any atom is -0.308 e. The summed E-state index contributed by atoms with van der Waals surface area (Å²) in [6.45, 7) is 0.0897. The van der Waals surface area contributed by atoms with E-state index in [0.717, 1.165) is 39.8 Å². The van der Waals surface area contributed by atoms with Crippen LogP contribution < -0.4 is 31.1 Å². The van der Waals surface area contributed by atoms with Gasteiger partial charge in [-0.3, -0.25) is 4.98 Å². The fourth-order valence-electron chi connectivity index (χ4n) is 7.63. The lowest BCUT2D eigenvalue weighted by molar-refractivity contribution is 1.14. The van der Waals surface area contributed by atoms with Gasteiger partial charge in [0.1, 0.15) is 0 Å². The number of hydrogen-bond donors (Lipinski definition) is 0. The molecule has 0 atom stereocenters. The molecule has 0 radical (unpaired) electrons. The van der Waals surface area contributed by atoms with Crippen LogP contribution in [0.2, 0.25) is 0 Å². The smallest absolute Gasteiger partial charge is 0.249 e. The van der Waals surface area contributed by atoms with Gasteiger partial charge in [0.15, 0.2) is 0 Å². The molecule has 7 aromatic rings. The first-order chi connectivity index (χ1) is 23.4. The van der Waals surface area contributed by atoms with Crippen molar-refractivity contribution < 1.29 is 0 Å². The van der Waals surface area contributed by atoms with Gasteiger partial charge in [0, 0.05) is 33.0 Å². The number of aromatic nitrogens is 1. The minimum atomic E-state index is 0.0897. The Bertz CT molecular complexity index is 2310. The first-order valence-corrected chi connectivity index (χ1v) is 16.7. The van der Waals surface area contributed by atoms with Crippen molar-refractivity contribution in [1.82, 2.24) is 4.98 Å². The molecule has 220 valence electrons. The molecule has 6 heteroatoms. The average Bonchev–Trinajstić information content (AvgIpc) is 3.14. The minimum absolute atomic E-state index is 0.0897. The summed E-state index contributed by atoms with van der Waals surface area (Å²) in [6, 6.07) is 54.9. The zero-order valence-corrected chi connectivity index (χ0v) is 26.2. The van der Waals surface area contributed by atoms with Crippen molar-refractivity contribution in [3.05, 3.63) is 164 Å². The Morgan fingerprint density at radius 3 is 1.74 bits per heavy atom. The van der Waals surface area contributed by atoms with Gasteiger partial charge in [0.05, 0.1) is 40.3 Å². The van der Waals surface area contributed by atoms with Crippen molar-refractivity contribution in [3.8, 4) is 0 Å². The zero-order valence-electron chi connectivity index (χ0n) is 25.4. The van der Waals surface area contributed by atoms with E-state index >= 15 is 0 Å². The Morgan fingerprint density at radius 1 is 0.447 bits per heavy atom. The number of rotatable bonds is 3. The van der Waals surface area contributed by atoms with E-state index in [4.69, 9.17) is 0 Å². The summed E-state index contributed by atoms with van der Waals surface area (Å²) >= 11 is 1.88. The van der Waals surface area contributed by atoms with Gasteiger partial charge in [-0.15, -0.1) is 0 Å². The lowest BCUT2D eigenvalue weighted by Gasteiger charge is -2.47. The number of pyridine rings is 1. The molecule has 0 saturated carbocycles. The van der Waals surface area contributed by atoms with Gasteiger partial charge >= 0.3 is 0 Å². The van der Waals surface area contributed by atoms with Crippen LogP contribution in [-0.2, 0) is 0 Å². The third kappa shape index (κ3) is 3.88. The summed E-state index contributed by atoms with van der Waals surface area (Å²) in [5.74, 6) is 0. The molecule has 4 nitrogen and oxygen atoms in total. The topological polar surface area (TPSA) is 22.6 Å². The molecular formula is C41H27BN4S. The van der Waals surface area contributed by atoms with Crippen molar-refractivity contribution in [2.45, 2.75) is 9.79 Å². The van der Waals surface area contributed by atoms with Crippen LogP contribution in [0.1, 0.15) is 0 Å². The molecule has 1 aromatic heterocycles. The van der Waals surface area contributed by atoms with E-state index in [1.54, 1.807) is 0 Å². The first kappa shape index (κ1) is 26.5. The second-order valence-corrected chi connectivity index (χ2v) is 13.1. The first-order valence-electron chi connectivity index (χ1n) is 15.9. The molecule has 3 aliphatic rings. The number of nitrogens with zero attached hydrogens (tertiary/aromatic N) is 4. The van der Waals surface area contributed by atoms with Gasteiger partial charge in [0.25, 0.3) is 0 Å². The highest BCUT2D eigenvalue weighted by molar-refractivity contribution is 8.00. The quantitative estimate of drug-likeness (QED) is 0.184. The van der Waals surface area contributed by atoms with Crippen LogP contribution in [0.25, 0.3) is 0 Å². The van der Waals surface area contributed by atoms with E-state index < -0.39 is 0 Å². The number of fused-ring (bicyclic) bond motifs is 7. The highest BCUT2D eigenvalue weighted by atomic mass is 32.2. The normalized spacial score (nSPS) is 13.7. The Hall–Kier alpha value is -5.72. The van der Waals surface area contributed by atoms with Crippen molar-refractivity contribution in [3.63, 3.8) is 0 Å². The monoisotopic (exact) mass is 618 g/mol. The molecule has 0 unspecified atom stereocenters. The van der Waals surface area contributed by atoms with Gasteiger partial charge in [-0.1, -0.05) is 102 Å². The maximum absolute atomic E-state index is 4.63. The van der Waals surface area contributed by atoms with E-state index in [0.29, 0.717) is 0 Å². The van der Waals surface area contributed by atoms with Crippen LogP contribution in [0.15, 0.2) is 174 Å². The second-order valence-electron chi connectivity index (χ2n) is 12.0. The maximum Gasteiger partial charge on any atom is 0.249 e. The van der Waals surface area contributed by atoms with Crippen LogP contribution >= 0.6 is 11.8 Å². The molecule has 0 aliphatic carbocycles. The number of benzene rings is 6. The molecule has 0 N–H and O–H groups in total. The summed E-state index contributed by atoms with van der Waals surface area (Å²) in [7, 11) is 0. The molecule has 6 aromatic carbocycles. The van der Waals surface area contributed by atoms with Crippen molar-refractivity contribution >= 4 is 86.0 Å². The SMILES string of the molecule is c1ccc(N2c3ccccc3N(c3ccccc3)c3c2cc2c4c3N(c3cccnc3)c3ccccc3B4c3ccccc3S2)cc1. The van der Waals surface area contributed by atoms with Gasteiger partial charge in [-0.2, -0.15) is 0 Å². The Labute approximate surface area is 278 Å². The van der Waals surface area contributed by atoms with E-state index in [1.807, 2.05) is 30.2 Å². The maximum atomic E-state index is 4.63. The summed E-state index contributed by atoms with van der Waals surface area (Å²) in [5.41, 5.74) is 14.2. The zero-order chi connectivity index (χ0) is 30.9. The Balaban J connectivity index is 1.39. The summed E-state index contributed by atoms with van der Waals surface area (Å²) in [6.07, 6.45) is 3.85. The van der Waals surface area contributed by atoms with E-state index in [1.165, 1.54) is 37.6 Å². The second kappa shape index (κ2) is 10.4. The molecule has 10 rings (SSSR count). The molecule has 0 saturated heterocycles. The van der Waals surface area contributed by atoms with Crippen molar-refractivity contribution in [2.75, 3.05) is 14.7 Å². The number of para-hydroxylation sites is 5. The van der Waals surface area contributed by atoms with Crippen molar-refractivity contribution in [1.29, 1.82) is 0 Å². The molecule has 4 heterocycles. The molecule has 3 aliphatic heterocycles. The summed E-state index contributed by atoms with van der Waals surface area (Å²) in [5, 5.41) is 0. The average molecular weight is 619 g/mol. The van der Waals surface area contributed by atoms with Crippen LogP contribution in [0.3, 0.4) is 0 Å². The van der Waals surface area contributed by atoms with Crippen LogP contribution in [-0.4, -0.2) is 11.7 Å².